The first-order chi connectivity index (χ1) is 36.1. The van der Waals surface area contributed by atoms with Crippen molar-refractivity contribution in [3.63, 3.8) is 0 Å². The number of hydrogen-bond donors (Lipinski definition) is 5. The highest BCUT2D eigenvalue weighted by Crippen LogP contribution is 2.33. The van der Waals surface area contributed by atoms with Crippen LogP contribution in [0.4, 0.5) is 22.9 Å². The molecule has 0 radical (unpaired) electrons. The number of thiazole rings is 1. The quantitative estimate of drug-likeness (QED) is 0.0380. The number of rotatable bonds is 20. The van der Waals surface area contributed by atoms with Crippen LogP contribution in [0.5, 0.6) is 5.75 Å². The van der Waals surface area contributed by atoms with Crippen molar-refractivity contribution in [1.29, 1.82) is 0 Å². The van der Waals surface area contributed by atoms with Crippen LogP contribution in [0.15, 0.2) is 84.4 Å². The number of aliphatic hydroxyl groups excluding tert-OH is 1. The average Bonchev–Trinajstić information content (AvgIpc) is 4.03. The highest BCUT2D eigenvalue weighted by atomic mass is 32.1. The number of anilines is 4. The second-order valence-corrected chi connectivity index (χ2v) is 22.2. The number of hydrogen-bond acceptors (Lipinski definition) is 14. The third kappa shape index (κ3) is 14.3. The maximum atomic E-state index is 14.1. The number of aromatic nitrogens is 3. The monoisotopic (exact) mass is 1040 g/mol. The van der Waals surface area contributed by atoms with Gasteiger partial charge in [-0.3, -0.25) is 19.2 Å². The summed E-state index contributed by atoms with van der Waals surface area (Å²) in [5, 5.41) is 25.0. The summed E-state index contributed by atoms with van der Waals surface area (Å²) in [5.41, 5.74) is 20.8. The van der Waals surface area contributed by atoms with Crippen LogP contribution < -0.4 is 36.6 Å². The van der Waals surface area contributed by atoms with Gasteiger partial charge in [-0.1, -0.05) is 88.9 Å². The average molecular weight is 1040 g/mol. The highest BCUT2D eigenvalue weighted by Gasteiger charge is 2.44. The fraction of sp³-hybridized carbons (Fsp3) is 0.491. The number of nitrogens with two attached hydrogens (primary N) is 2. The standard InChI is InChI=1S/C57H75N11O6S/c1-38-52(75-37-61-38)40-21-19-39(20-22-40)34-60-55(72)48-32-43(69)35-68(48)56(73)53(57(2,3)4)62-50(70)17-9-7-5-6-8-10-18-51(71)66-30-28-65(29-31-66)41-23-25-42(26-24-41)67-27-13-14-44(36-67)74-49-33-47(63-64-54(49)59)45-15-11-12-16-46(45)58/h11-12,15-16,19-26,33,37,43-44,48,53,69H,5-10,13-14,17-18,27-32,34-36,58H2,1-4H3,(H2,59,64)(H,60,72)(H,62,70)/t43-,44?,48+,53?/m1/s1. The largest absolute Gasteiger partial charge is 0.485 e. The first-order valence-electron chi connectivity index (χ1n) is 26.7. The third-order valence-corrected chi connectivity index (χ3v) is 15.6. The number of carbonyl (C=O) groups is 4. The predicted molar refractivity (Wildman–Crippen MR) is 296 cm³/mol. The number of unbranched alkanes of at least 4 members (excludes halogenated alkanes) is 5. The second kappa shape index (κ2) is 25.2. The van der Waals surface area contributed by atoms with Crippen molar-refractivity contribution >= 4 is 57.8 Å². The Bertz CT molecular complexity index is 2720. The minimum Gasteiger partial charge on any atom is -0.485 e. The Balaban J connectivity index is 0.695. The number of para-hydroxylation sites is 1. The molecule has 5 aromatic rings. The lowest BCUT2D eigenvalue weighted by atomic mass is 9.85. The second-order valence-electron chi connectivity index (χ2n) is 21.3. The number of benzene rings is 3. The Kier molecular flexibility index (Phi) is 18.3. The molecule has 5 heterocycles. The van der Waals surface area contributed by atoms with E-state index in [1.54, 1.807) is 11.3 Å². The minimum atomic E-state index is -0.864. The summed E-state index contributed by atoms with van der Waals surface area (Å²) in [7, 11) is 0. The first-order valence-corrected chi connectivity index (χ1v) is 27.6. The first kappa shape index (κ1) is 54.5. The molecule has 4 atom stereocenters. The molecule has 400 valence electrons. The summed E-state index contributed by atoms with van der Waals surface area (Å²) >= 11 is 1.58. The molecule has 3 aliphatic heterocycles. The van der Waals surface area contributed by atoms with Crippen molar-refractivity contribution in [2.24, 2.45) is 5.41 Å². The summed E-state index contributed by atoms with van der Waals surface area (Å²) in [6, 6.07) is 24.3. The number of β-amino-alcohol motifs (C(OH)–C–C–N with tert-alkyl or cyclic N) is 1. The Morgan fingerprint density at radius 1 is 0.827 bits per heavy atom. The summed E-state index contributed by atoms with van der Waals surface area (Å²) in [4.78, 5) is 67.5. The fourth-order valence-corrected chi connectivity index (χ4v) is 11.1. The fourth-order valence-electron chi connectivity index (χ4n) is 10.3. The number of amides is 4. The lowest BCUT2D eigenvalue weighted by molar-refractivity contribution is -0.144. The van der Waals surface area contributed by atoms with Crippen LogP contribution in [0.25, 0.3) is 21.7 Å². The summed E-state index contributed by atoms with van der Waals surface area (Å²) in [6.07, 6.45) is 7.20. The van der Waals surface area contributed by atoms with Gasteiger partial charge >= 0.3 is 0 Å². The molecule has 2 aromatic heterocycles. The maximum Gasteiger partial charge on any atom is 0.246 e. The number of piperazine rings is 1. The maximum absolute atomic E-state index is 14.1. The molecule has 7 N–H and O–H groups in total. The molecule has 3 saturated heterocycles. The van der Waals surface area contributed by atoms with Gasteiger partial charge in [0, 0.05) is 93.8 Å². The molecular formula is C57H75N11O6S. The molecule has 0 spiro atoms. The van der Waals surface area contributed by atoms with Crippen LogP contribution in [-0.4, -0.2) is 124 Å². The zero-order chi connectivity index (χ0) is 53.1. The molecular weight excluding hydrogens is 967 g/mol. The summed E-state index contributed by atoms with van der Waals surface area (Å²) < 4.78 is 6.42. The molecule has 3 fully saturated rings. The molecule has 75 heavy (non-hydrogen) atoms. The van der Waals surface area contributed by atoms with Crippen molar-refractivity contribution in [3.8, 4) is 27.4 Å². The number of nitrogen functional groups attached to an aromatic ring is 2. The van der Waals surface area contributed by atoms with E-state index in [-0.39, 0.29) is 61.5 Å². The van der Waals surface area contributed by atoms with E-state index in [0.717, 1.165) is 110 Å². The third-order valence-electron chi connectivity index (χ3n) is 14.7. The van der Waals surface area contributed by atoms with E-state index >= 15 is 0 Å². The molecule has 0 aliphatic carbocycles. The van der Waals surface area contributed by atoms with Gasteiger partial charge in [-0.15, -0.1) is 21.5 Å². The van der Waals surface area contributed by atoms with Gasteiger partial charge in [-0.2, -0.15) is 0 Å². The van der Waals surface area contributed by atoms with E-state index in [2.05, 4.69) is 59.9 Å². The number of nitrogens with zero attached hydrogens (tertiary/aromatic N) is 7. The molecule has 8 rings (SSSR count). The topological polar surface area (TPSA) is 225 Å². The van der Waals surface area contributed by atoms with Crippen LogP contribution >= 0.6 is 11.3 Å². The van der Waals surface area contributed by atoms with Crippen molar-refractivity contribution in [1.82, 2.24) is 35.6 Å². The Morgan fingerprint density at radius 2 is 1.51 bits per heavy atom. The van der Waals surface area contributed by atoms with E-state index in [0.29, 0.717) is 43.1 Å². The Labute approximate surface area is 445 Å². The zero-order valence-corrected chi connectivity index (χ0v) is 44.8. The van der Waals surface area contributed by atoms with Crippen LogP contribution in [0.1, 0.15) is 103 Å². The van der Waals surface area contributed by atoms with Crippen molar-refractivity contribution in [2.45, 2.75) is 129 Å². The number of ether oxygens (including phenoxy) is 1. The van der Waals surface area contributed by atoms with Gasteiger partial charge in [0.15, 0.2) is 11.6 Å². The van der Waals surface area contributed by atoms with Crippen molar-refractivity contribution in [2.75, 3.05) is 67.1 Å². The van der Waals surface area contributed by atoms with Gasteiger partial charge in [0.2, 0.25) is 23.6 Å². The minimum absolute atomic E-state index is 0.0260. The molecule has 3 aliphatic rings. The van der Waals surface area contributed by atoms with Gasteiger partial charge in [0.25, 0.3) is 0 Å². The summed E-state index contributed by atoms with van der Waals surface area (Å²) in [5.74, 6) is 0.0537. The van der Waals surface area contributed by atoms with E-state index < -0.39 is 23.6 Å². The number of nitrogens with one attached hydrogen (secondary N) is 2. The van der Waals surface area contributed by atoms with Crippen LogP contribution in [0.3, 0.4) is 0 Å². The Hall–Kier alpha value is -6.79. The SMILES string of the molecule is Cc1ncsc1-c1ccc(CNC(=O)[C@@H]2C[C@@H](O)CN2C(=O)C(NC(=O)CCCCCCCCC(=O)N2CCN(c3ccc(N4CCCC(Oc5cc(-c6ccccc6N)nnc5N)C4)cc3)CC2)C(C)(C)C)cc1. The number of aryl methyl sites for hydroxylation is 1. The molecule has 2 unspecified atom stereocenters. The number of carbonyl (C=O) groups excluding carboxylic acids is 4. The number of aliphatic hydroxyl groups is 1. The molecule has 18 heteroatoms. The van der Waals surface area contributed by atoms with Crippen LogP contribution in [0, 0.1) is 12.3 Å². The molecule has 0 bridgehead atoms. The van der Waals surface area contributed by atoms with Gasteiger partial charge in [-0.25, -0.2) is 4.98 Å². The smallest absolute Gasteiger partial charge is 0.246 e. The van der Waals surface area contributed by atoms with E-state index in [1.165, 1.54) is 4.90 Å². The zero-order valence-electron chi connectivity index (χ0n) is 44.0. The van der Waals surface area contributed by atoms with E-state index in [1.807, 2.05) is 92.7 Å². The van der Waals surface area contributed by atoms with Gasteiger partial charge in [0.05, 0.1) is 34.4 Å². The van der Waals surface area contributed by atoms with Gasteiger partial charge in [-0.05, 0) is 79.5 Å². The van der Waals surface area contributed by atoms with Crippen molar-refractivity contribution < 1.29 is 29.0 Å². The van der Waals surface area contributed by atoms with Gasteiger partial charge in [0.1, 0.15) is 18.2 Å². The molecule has 3 aromatic carbocycles. The van der Waals surface area contributed by atoms with Crippen LogP contribution in [-0.2, 0) is 25.7 Å². The Morgan fingerprint density at radius 3 is 2.19 bits per heavy atom. The number of likely N-dealkylation sites (tertiary alicyclic amines) is 1. The van der Waals surface area contributed by atoms with Crippen molar-refractivity contribution in [3.05, 3.63) is 95.6 Å². The van der Waals surface area contributed by atoms with Crippen LogP contribution in [0.2, 0.25) is 0 Å². The van der Waals surface area contributed by atoms with E-state index in [9.17, 15) is 24.3 Å². The molecule has 17 nitrogen and oxygen atoms in total. The highest BCUT2D eigenvalue weighted by molar-refractivity contribution is 7.13. The lowest BCUT2D eigenvalue weighted by Gasteiger charge is -2.37. The van der Waals surface area contributed by atoms with Gasteiger partial charge < -0.3 is 51.5 Å². The normalized spacial score (nSPS) is 18.4. The predicted octanol–water partition coefficient (Wildman–Crippen LogP) is 7.37. The lowest BCUT2D eigenvalue weighted by Crippen LogP contribution is -2.57. The molecule has 0 saturated carbocycles. The molecule has 4 amide bonds. The van der Waals surface area contributed by atoms with E-state index in [4.69, 9.17) is 16.2 Å². The number of piperidine rings is 1. The summed E-state index contributed by atoms with van der Waals surface area (Å²) in [6.45, 7) is 12.6.